The summed E-state index contributed by atoms with van der Waals surface area (Å²) in [5, 5.41) is 10.9. The van der Waals surface area contributed by atoms with Gasteiger partial charge in [0.25, 0.3) is 0 Å². The van der Waals surface area contributed by atoms with Gasteiger partial charge in [-0.15, -0.1) is 0 Å². The first kappa shape index (κ1) is 27.3. The molecule has 0 aliphatic carbocycles. The standard InChI is InChI=1S/C30H34FN7O2/c1-37(2)13-7-8-22(39)16-20-9-11-25(31)23(17-20)28-24-19-32-36-29(24)35-30(34-28)33-21-10-12-27(40-3)26(18-21)38-14-5-4-6-15-38/h7-12,17-19H,4-6,13-16H2,1-3H3,(H2,32,33,34,35,36)/b8-7+. The average Bonchev–Trinajstić information content (AvgIpc) is 3.43. The molecule has 5 rings (SSSR count). The Morgan fingerprint density at radius 3 is 2.75 bits per heavy atom. The van der Waals surface area contributed by atoms with Crippen LogP contribution in [-0.4, -0.2) is 71.7 Å². The molecule has 3 heterocycles. The summed E-state index contributed by atoms with van der Waals surface area (Å²) in [5.74, 6) is 0.613. The van der Waals surface area contributed by atoms with Crippen LogP contribution < -0.4 is 15.0 Å². The summed E-state index contributed by atoms with van der Waals surface area (Å²) in [4.78, 5) is 26.1. The molecule has 4 aromatic rings. The third kappa shape index (κ3) is 6.28. The zero-order chi connectivity index (χ0) is 28.1. The molecule has 0 amide bonds. The summed E-state index contributed by atoms with van der Waals surface area (Å²) in [6.07, 6.45) is 8.65. The van der Waals surface area contributed by atoms with Crippen LogP contribution in [0.4, 0.5) is 21.7 Å². The Morgan fingerprint density at radius 1 is 1.15 bits per heavy atom. The molecule has 10 heteroatoms. The van der Waals surface area contributed by atoms with E-state index in [1.165, 1.54) is 12.5 Å². The number of hydrogen-bond donors (Lipinski definition) is 2. The van der Waals surface area contributed by atoms with Crippen molar-refractivity contribution in [2.45, 2.75) is 25.7 Å². The molecule has 1 fully saturated rings. The Kier molecular flexibility index (Phi) is 8.35. The number of halogens is 1. The van der Waals surface area contributed by atoms with Gasteiger partial charge < -0.3 is 19.9 Å². The molecule has 1 aliphatic rings. The molecule has 0 spiro atoms. The molecule has 1 aliphatic heterocycles. The minimum Gasteiger partial charge on any atom is -0.495 e. The lowest BCUT2D eigenvalue weighted by Crippen LogP contribution is -2.29. The number of anilines is 3. The zero-order valence-electron chi connectivity index (χ0n) is 23.1. The number of carbonyl (C=O) groups is 1. The average molecular weight is 544 g/mol. The van der Waals surface area contributed by atoms with Crippen LogP contribution in [0.3, 0.4) is 0 Å². The number of ether oxygens (including phenoxy) is 1. The third-order valence-corrected chi connectivity index (χ3v) is 6.88. The van der Waals surface area contributed by atoms with Crippen LogP contribution in [-0.2, 0) is 11.2 Å². The van der Waals surface area contributed by atoms with Crippen molar-refractivity contribution >= 4 is 34.1 Å². The molecular weight excluding hydrogens is 509 g/mol. The van der Waals surface area contributed by atoms with Crippen molar-refractivity contribution in [3.8, 4) is 17.0 Å². The van der Waals surface area contributed by atoms with E-state index >= 15 is 4.39 Å². The molecule has 40 heavy (non-hydrogen) atoms. The Balaban J connectivity index is 1.45. The van der Waals surface area contributed by atoms with Crippen LogP contribution in [0, 0.1) is 5.82 Å². The first-order chi connectivity index (χ1) is 19.4. The molecule has 0 saturated carbocycles. The number of rotatable bonds is 10. The molecule has 2 aromatic heterocycles. The molecule has 2 N–H and O–H groups in total. The third-order valence-electron chi connectivity index (χ3n) is 6.88. The number of fused-ring (bicyclic) bond motifs is 1. The summed E-state index contributed by atoms with van der Waals surface area (Å²) in [6.45, 7) is 2.62. The van der Waals surface area contributed by atoms with Crippen molar-refractivity contribution in [2.75, 3.05) is 51.1 Å². The summed E-state index contributed by atoms with van der Waals surface area (Å²) in [7, 11) is 5.54. The van der Waals surface area contributed by atoms with E-state index in [0.717, 1.165) is 43.1 Å². The minimum absolute atomic E-state index is 0.0538. The number of piperidine rings is 1. The number of aromatic amines is 1. The second-order valence-electron chi connectivity index (χ2n) is 10.2. The molecule has 0 bridgehead atoms. The van der Waals surface area contributed by atoms with Crippen LogP contribution in [0.5, 0.6) is 5.75 Å². The van der Waals surface area contributed by atoms with E-state index in [1.807, 2.05) is 43.3 Å². The highest BCUT2D eigenvalue weighted by Gasteiger charge is 2.19. The van der Waals surface area contributed by atoms with Crippen molar-refractivity contribution in [2.24, 2.45) is 0 Å². The number of ketones is 1. The van der Waals surface area contributed by atoms with E-state index in [9.17, 15) is 4.79 Å². The molecule has 0 unspecified atom stereocenters. The fourth-order valence-electron chi connectivity index (χ4n) is 4.89. The van der Waals surface area contributed by atoms with Gasteiger partial charge in [0, 0.05) is 37.3 Å². The smallest absolute Gasteiger partial charge is 0.229 e. The number of likely N-dealkylation sites (N-methyl/N-ethyl adjacent to an activating group) is 1. The highest BCUT2D eigenvalue weighted by Crippen LogP contribution is 2.35. The van der Waals surface area contributed by atoms with Gasteiger partial charge in [0.15, 0.2) is 11.4 Å². The molecule has 0 radical (unpaired) electrons. The first-order valence-corrected chi connectivity index (χ1v) is 13.5. The second kappa shape index (κ2) is 12.3. The first-order valence-electron chi connectivity index (χ1n) is 13.5. The number of nitrogens with one attached hydrogen (secondary N) is 2. The van der Waals surface area contributed by atoms with E-state index in [1.54, 1.807) is 31.5 Å². The molecule has 1 saturated heterocycles. The quantitative estimate of drug-likeness (QED) is 0.266. The Bertz CT molecular complexity index is 1530. The molecule has 208 valence electrons. The van der Waals surface area contributed by atoms with E-state index in [4.69, 9.17) is 9.72 Å². The lowest BCUT2D eigenvalue weighted by atomic mass is 10.0. The molecule has 2 aromatic carbocycles. The van der Waals surface area contributed by atoms with E-state index in [-0.39, 0.29) is 17.8 Å². The van der Waals surface area contributed by atoms with Gasteiger partial charge in [0.2, 0.25) is 5.95 Å². The molecule has 9 nitrogen and oxygen atoms in total. The van der Waals surface area contributed by atoms with Crippen LogP contribution in [0.2, 0.25) is 0 Å². The Hall–Kier alpha value is -4.31. The van der Waals surface area contributed by atoms with Gasteiger partial charge >= 0.3 is 0 Å². The van der Waals surface area contributed by atoms with E-state index in [2.05, 4.69) is 25.4 Å². The summed E-state index contributed by atoms with van der Waals surface area (Å²) in [5.41, 5.74) is 3.64. The fourth-order valence-corrected chi connectivity index (χ4v) is 4.89. The SMILES string of the molecule is COc1ccc(Nc2nc(-c3cc(CC(=O)/C=C/CN(C)C)ccc3F)c3cn[nH]c3n2)cc1N1CCCCC1. The number of allylic oxidation sites excluding steroid dienone is 1. The number of nitrogens with zero attached hydrogens (tertiary/aromatic N) is 5. The molecular formula is C30H34FN7O2. The van der Waals surface area contributed by atoms with Gasteiger partial charge in [-0.3, -0.25) is 9.89 Å². The predicted molar refractivity (Wildman–Crippen MR) is 156 cm³/mol. The normalized spacial score (nSPS) is 13.9. The monoisotopic (exact) mass is 543 g/mol. The van der Waals surface area contributed by atoms with Gasteiger partial charge in [0.05, 0.1) is 30.1 Å². The number of aromatic nitrogens is 4. The largest absolute Gasteiger partial charge is 0.495 e. The Morgan fingerprint density at radius 2 is 1.98 bits per heavy atom. The maximum Gasteiger partial charge on any atom is 0.229 e. The maximum absolute atomic E-state index is 15.2. The Labute approximate surface area is 233 Å². The van der Waals surface area contributed by atoms with Gasteiger partial charge in [-0.2, -0.15) is 10.1 Å². The number of hydrogen-bond acceptors (Lipinski definition) is 8. The van der Waals surface area contributed by atoms with Crippen molar-refractivity contribution in [1.29, 1.82) is 0 Å². The summed E-state index contributed by atoms with van der Waals surface area (Å²) in [6, 6.07) is 10.5. The highest BCUT2D eigenvalue weighted by molar-refractivity contribution is 5.93. The predicted octanol–water partition coefficient (Wildman–Crippen LogP) is 5.13. The maximum atomic E-state index is 15.2. The number of H-pyrrole nitrogens is 1. The van der Waals surface area contributed by atoms with Crippen LogP contribution in [0.25, 0.3) is 22.3 Å². The summed E-state index contributed by atoms with van der Waals surface area (Å²) >= 11 is 0. The van der Waals surface area contributed by atoms with Crippen LogP contribution in [0.15, 0.2) is 54.7 Å². The highest BCUT2D eigenvalue weighted by atomic mass is 19.1. The van der Waals surface area contributed by atoms with E-state index in [0.29, 0.717) is 34.8 Å². The van der Waals surface area contributed by atoms with E-state index < -0.39 is 5.82 Å². The fraction of sp³-hybridized carbons (Fsp3) is 0.333. The van der Waals surface area contributed by atoms with Crippen LogP contribution in [0.1, 0.15) is 24.8 Å². The van der Waals surface area contributed by atoms with Crippen molar-refractivity contribution in [3.05, 3.63) is 66.1 Å². The van der Waals surface area contributed by atoms with Gasteiger partial charge in [-0.25, -0.2) is 9.37 Å². The molecule has 0 atom stereocenters. The van der Waals surface area contributed by atoms with Crippen molar-refractivity contribution < 1.29 is 13.9 Å². The lowest BCUT2D eigenvalue weighted by Gasteiger charge is -2.30. The van der Waals surface area contributed by atoms with Crippen LogP contribution >= 0.6 is 0 Å². The number of methoxy groups -OCH3 is 1. The minimum atomic E-state index is -0.441. The van der Waals surface area contributed by atoms with Gasteiger partial charge in [-0.05, 0) is 75.3 Å². The zero-order valence-corrected chi connectivity index (χ0v) is 23.1. The van der Waals surface area contributed by atoms with Gasteiger partial charge in [0.1, 0.15) is 11.6 Å². The van der Waals surface area contributed by atoms with Gasteiger partial charge in [-0.1, -0.05) is 12.1 Å². The topological polar surface area (TPSA) is 99.3 Å². The van der Waals surface area contributed by atoms with Crippen molar-refractivity contribution in [3.63, 3.8) is 0 Å². The number of carbonyl (C=O) groups excluding carboxylic acids is 1. The van der Waals surface area contributed by atoms with Crippen molar-refractivity contribution in [1.82, 2.24) is 25.1 Å². The summed E-state index contributed by atoms with van der Waals surface area (Å²) < 4.78 is 20.8. The number of benzene rings is 2. The lowest BCUT2D eigenvalue weighted by molar-refractivity contribution is -0.114. The second-order valence-corrected chi connectivity index (χ2v) is 10.2.